The highest BCUT2D eigenvalue weighted by molar-refractivity contribution is 5.62. The molecule has 2 heterocycles. The fourth-order valence-electron chi connectivity index (χ4n) is 1.29. The fraction of sp³-hybridized carbons (Fsp3) is 0.182. The van der Waals surface area contributed by atoms with E-state index in [1.54, 1.807) is 37.8 Å². The van der Waals surface area contributed by atoms with Gasteiger partial charge in [-0.3, -0.25) is 4.98 Å². The number of methoxy groups -OCH3 is 2. The molecule has 88 valence electrons. The lowest BCUT2D eigenvalue weighted by Gasteiger charge is -2.09. The quantitative estimate of drug-likeness (QED) is 0.864. The summed E-state index contributed by atoms with van der Waals surface area (Å²) in [5.74, 6) is 1.27. The molecule has 2 aromatic rings. The number of nitrogens with zero attached hydrogens (tertiary/aromatic N) is 3. The van der Waals surface area contributed by atoms with Crippen LogP contribution in [0.25, 0.3) is 0 Å². The van der Waals surface area contributed by atoms with Crippen LogP contribution in [0, 0.1) is 0 Å². The summed E-state index contributed by atoms with van der Waals surface area (Å²) in [6.07, 6.45) is 4.91. The minimum atomic E-state index is 0.308. The van der Waals surface area contributed by atoms with Crippen molar-refractivity contribution in [3.63, 3.8) is 0 Å². The molecule has 0 aliphatic carbocycles. The normalized spacial score (nSPS) is 9.76. The summed E-state index contributed by atoms with van der Waals surface area (Å²) < 4.78 is 10.1. The molecule has 0 unspecified atom stereocenters. The standard InChI is InChI=1S/C11H12N4O2/c1-16-9-7-12-5-3-8(9)14-10-4-6-13-11(15-10)17-2/h3-7H,1-2H3,(H,12,13,14,15). The molecular formula is C11H12N4O2. The smallest absolute Gasteiger partial charge is 0.318 e. The maximum Gasteiger partial charge on any atom is 0.318 e. The van der Waals surface area contributed by atoms with Gasteiger partial charge in [0, 0.05) is 12.4 Å². The number of rotatable bonds is 4. The Labute approximate surface area is 98.7 Å². The largest absolute Gasteiger partial charge is 0.493 e. The highest BCUT2D eigenvalue weighted by atomic mass is 16.5. The average molecular weight is 232 g/mol. The molecule has 2 aromatic heterocycles. The Balaban J connectivity index is 2.24. The van der Waals surface area contributed by atoms with Gasteiger partial charge in [-0.05, 0) is 12.1 Å². The van der Waals surface area contributed by atoms with Crippen molar-refractivity contribution >= 4 is 11.5 Å². The lowest BCUT2D eigenvalue weighted by atomic mass is 10.3. The molecule has 0 atom stereocenters. The summed E-state index contributed by atoms with van der Waals surface area (Å²) in [4.78, 5) is 12.0. The molecule has 0 aliphatic heterocycles. The van der Waals surface area contributed by atoms with Crippen molar-refractivity contribution in [1.82, 2.24) is 15.0 Å². The van der Waals surface area contributed by atoms with E-state index in [2.05, 4.69) is 20.3 Å². The monoisotopic (exact) mass is 232 g/mol. The molecule has 0 saturated heterocycles. The zero-order valence-corrected chi connectivity index (χ0v) is 9.54. The average Bonchev–Trinajstić information content (AvgIpc) is 2.39. The Morgan fingerprint density at radius 3 is 2.76 bits per heavy atom. The Kier molecular flexibility index (Phi) is 3.34. The van der Waals surface area contributed by atoms with Gasteiger partial charge in [-0.25, -0.2) is 4.98 Å². The topological polar surface area (TPSA) is 69.2 Å². The van der Waals surface area contributed by atoms with E-state index in [0.717, 1.165) is 5.69 Å². The van der Waals surface area contributed by atoms with Crippen LogP contribution in [0.2, 0.25) is 0 Å². The number of ether oxygens (including phenoxy) is 2. The van der Waals surface area contributed by atoms with Gasteiger partial charge in [-0.2, -0.15) is 4.98 Å². The summed E-state index contributed by atoms with van der Waals surface area (Å²) in [5.41, 5.74) is 0.781. The van der Waals surface area contributed by atoms with Gasteiger partial charge in [0.05, 0.1) is 26.1 Å². The highest BCUT2D eigenvalue weighted by Gasteiger charge is 2.04. The third-order valence-electron chi connectivity index (χ3n) is 2.08. The van der Waals surface area contributed by atoms with E-state index < -0.39 is 0 Å². The fourth-order valence-corrected chi connectivity index (χ4v) is 1.29. The summed E-state index contributed by atoms with van der Waals surface area (Å²) in [6.45, 7) is 0. The first-order valence-corrected chi connectivity index (χ1v) is 4.95. The lowest BCUT2D eigenvalue weighted by Crippen LogP contribution is -1.99. The molecular weight excluding hydrogens is 220 g/mol. The second kappa shape index (κ2) is 5.11. The number of anilines is 2. The highest BCUT2D eigenvalue weighted by Crippen LogP contribution is 2.25. The Bertz CT molecular complexity index is 504. The maximum absolute atomic E-state index is 5.17. The van der Waals surface area contributed by atoms with Crippen molar-refractivity contribution in [1.29, 1.82) is 0 Å². The third-order valence-corrected chi connectivity index (χ3v) is 2.08. The summed E-state index contributed by atoms with van der Waals surface area (Å²) in [6, 6.07) is 3.85. The molecule has 0 radical (unpaired) electrons. The number of pyridine rings is 1. The van der Waals surface area contributed by atoms with Crippen molar-refractivity contribution in [2.45, 2.75) is 0 Å². The predicted molar refractivity (Wildman–Crippen MR) is 62.7 cm³/mol. The summed E-state index contributed by atoms with van der Waals surface area (Å²) in [5, 5.41) is 3.10. The Morgan fingerprint density at radius 1 is 1.12 bits per heavy atom. The molecule has 0 aliphatic rings. The van der Waals surface area contributed by atoms with Crippen LogP contribution in [-0.2, 0) is 0 Å². The van der Waals surface area contributed by atoms with Crippen LogP contribution in [0.1, 0.15) is 0 Å². The molecule has 0 saturated carbocycles. The molecule has 6 nitrogen and oxygen atoms in total. The zero-order chi connectivity index (χ0) is 12.1. The Morgan fingerprint density at radius 2 is 2.00 bits per heavy atom. The van der Waals surface area contributed by atoms with E-state index in [9.17, 15) is 0 Å². The zero-order valence-electron chi connectivity index (χ0n) is 9.54. The maximum atomic E-state index is 5.17. The number of aromatic nitrogens is 3. The van der Waals surface area contributed by atoms with Crippen molar-refractivity contribution in [2.75, 3.05) is 19.5 Å². The van der Waals surface area contributed by atoms with Gasteiger partial charge in [-0.1, -0.05) is 0 Å². The molecule has 6 heteroatoms. The van der Waals surface area contributed by atoms with E-state index in [-0.39, 0.29) is 0 Å². The van der Waals surface area contributed by atoms with E-state index in [1.165, 1.54) is 7.11 Å². The van der Waals surface area contributed by atoms with Gasteiger partial charge in [0.25, 0.3) is 0 Å². The van der Waals surface area contributed by atoms with E-state index in [4.69, 9.17) is 9.47 Å². The molecule has 0 aromatic carbocycles. The molecule has 17 heavy (non-hydrogen) atoms. The van der Waals surface area contributed by atoms with E-state index in [0.29, 0.717) is 17.6 Å². The van der Waals surface area contributed by atoms with Crippen LogP contribution in [0.3, 0.4) is 0 Å². The molecule has 0 amide bonds. The number of hydrogen-bond acceptors (Lipinski definition) is 6. The number of hydrogen-bond donors (Lipinski definition) is 1. The number of nitrogens with one attached hydrogen (secondary N) is 1. The minimum absolute atomic E-state index is 0.308. The second-order valence-corrected chi connectivity index (χ2v) is 3.13. The molecule has 0 spiro atoms. The predicted octanol–water partition coefficient (Wildman–Crippen LogP) is 1.63. The van der Waals surface area contributed by atoms with E-state index >= 15 is 0 Å². The molecule has 2 rings (SSSR count). The van der Waals surface area contributed by atoms with Crippen molar-refractivity contribution < 1.29 is 9.47 Å². The van der Waals surface area contributed by atoms with Crippen LogP contribution in [0.5, 0.6) is 11.8 Å². The van der Waals surface area contributed by atoms with Crippen LogP contribution in [-0.4, -0.2) is 29.2 Å². The third kappa shape index (κ3) is 2.60. The summed E-state index contributed by atoms with van der Waals surface area (Å²) >= 11 is 0. The van der Waals surface area contributed by atoms with Crippen LogP contribution in [0.15, 0.2) is 30.7 Å². The molecule has 0 bridgehead atoms. The van der Waals surface area contributed by atoms with E-state index in [1.807, 2.05) is 0 Å². The first kappa shape index (κ1) is 11.1. The SMILES string of the molecule is COc1nccc(Nc2ccncc2OC)n1. The van der Waals surface area contributed by atoms with Crippen LogP contribution >= 0.6 is 0 Å². The van der Waals surface area contributed by atoms with Gasteiger partial charge < -0.3 is 14.8 Å². The van der Waals surface area contributed by atoms with Gasteiger partial charge in [0.1, 0.15) is 5.82 Å². The first-order valence-electron chi connectivity index (χ1n) is 4.95. The second-order valence-electron chi connectivity index (χ2n) is 3.13. The van der Waals surface area contributed by atoms with Crippen molar-refractivity contribution in [3.8, 4) is 11.8 Å². The molecule has 0 fully saturated rings. The summed E-state index contributed by atoms with van der Waals surface area (Å²) in [7, 11) is 3.11. The van der Waals surface area contributed by atoms with Crippen LogP contribution < -0.4 is 14.8 Å². The van der Waals surface area contributed by atoms with Crippen molar-refractivity contribution in [2.24, 2.45) is 0 Å². The van der Waals surface area contributed by atoms with Gasteiger partial charge in [0.2, 0.25) is 0 Å². The van der Waals surface area contributed by atoms with Crippen molar-refractivity contribution in [3.05, 3.63) is 30.7 Å². The lowest BCUT2D eigenvalue weighted by molar-refractivity contribution is 0.380. The molecule has 1 N–H and O–H groups in total. The Hall–Kier alpha value is -2.37. The van der Waals surface area contributed by atoms with Gasteiger partial charge in [0.15, 0.2) is 5.75 Å². The minimum Gasteiger partial charge on any atom is -0.493 e. The first-order chi connectivity index (χ1) is 8.33. The van der Waals surface area contributed by atoms with Gasteiger partial charge in [-0.15, -0.1) is 0 Å². The van der Waals surface area contributed by atoms with Gasteiger partial charge >= 0.3 is 6.01 Å². The van der Waals surface area contributed by atoms with Crippen LogP contribution in [0.4, 0.5) is 11.5 Å².